The molecule has 0 spiro atoms. The van der Waals surface area contributed by atoms with Crippen LogP contribution in [-0.4, -0.2) is 44.1 Å². The Morgan fingerprint density at radius 3 is 2.66 bits per heavy atom. The number of nitrogens with zero attached hydrogens (tertiary/aromatic N) is 2. The lowest BCUT2D eigenvalue weighted by Gasteiger charge is -2.26. The molecule has 1 N–H and O–H groups in total. The van der Waals surface area contributed by atoms with E-state index in [0.717, 1.165) is 4.31 Å². The number of sulfonamides is 1. The molecular formula is C19H18ClN3O5S. The Bertz CT molecular complexity index is 1110. The molecule has 0 saturated carbocycles. The van der Waals surface area contributed by atoms with Gasteiger partial charge in [-0.2, -0.15) is 0 Å². The highest BCUT2D eigenvalue weighted by molar-refractivity contribution is 7.90. The average Bonchev–Trinajstić information content (AvgIpc) is 2.68. The maximum atomic E-state index is 12.6. The summed E-state index contributed by atoms with van der Waals surface area (Å²) in [5.41, 5.74) is 0.718. The number of rotatable bonds is 5. The zero-order valence-electron chi connectivity index (χ0n) is 15.7. The molecule has 2 aromatic rings. The Balaban J connectivity index is 1.82. The van der Waals surface area contributed by atoms with E-state index in [1.807, 2.05) is 0 Å². The van der Waals surface area contributed by atoms with Crippen molar-refractivity contribution < 1.29 is 22.7 Å². The lowest BCUT2D eigenvalue weighted by molar-refractivity contribution is -0.115. The number of esters is 1. The van der Waals surface area contributed by atoms with Crippen molar-refractivity contribution in [3.8, 4) is 0 Å². The summed E-state index contributed by atoms with van der Waals surface area (Å²) in [5, 5.41) is 2.81. The Kier molecular flexibility index (Phi) is 5.90. The quantitative estimate of drug-likeness (QED) is 0.726. The summed E-state index contributed by atoms with van der Waals surface area (Å²) in [6.45, 7) is 1.90. The zero-order valence-corrected chi connectivity index (χ0v) is 17.2. The fourth-order valence-corrected chi connectivity index (χ4v) is 4.19. The molecule has 0 saturated heterocycles. The Labute approximate surface area is 173 Å². The van der Waals surface area contributed by atoms with Gasteiger partial charge < -0.3 is 10.1 Å². The largest absolute Gasteiger partial charge is 0.462 e. The third kappa shape index (κ3) is 4.25. The molecule has 2 aromatic carbocycles. The summed E-state index contributed by atoms with van der Waals surface area (Å²) < 4.78 is 31.2. The van der Waals surface area contributed by atoms with Crippen LogP contribution < -0.4 is 5.32 Å². The van der Waals surface area contributed by atoms with E-state index in [4.69, 9.17) is 16.3 Å². The highest BCUT2D eigenvalue weighted by atomic mass is 35.5. The first-order valence-electron chi connectivity index (χ1n) is 8.66. The van der Waals surface area contributed by atoms with Crippen LogP contribution in [0.2, 0.25) is 5.02 Å². The lowest BCUT2D eigenvalue weighted by atomic mass is 10.2. The molecule has 0 fully saturated rings. The van der Waals surface area contributed by atoms with Gasteiger partial charge in [0.05, 0.1) is 35.0 Å². The number of anilines is 1. The maximum absolute atomic E-state index is 12.6. The number of amidine groups is 1. The number of hydrogen-bond acceptors (Lipinski definition) is 6. The first-order valence-corrected chi connectivity index (χ1v) is 10.5. The van der Waals surface area contributed by atoms with Gasteiger partial charge in [0, 0.05) is 7.05 Å². The molecule has 0 radical (unpaired) electrons. The predicted octanol–water partition coefficient (Wildman–Crippen LogP) is 3.21. The van der Waals surface area contributed by atoms with Crippen LogP contribution in [0.25, 0.3) is 0 Å². The van der Waals surface area contributed by atoms with E-state index in [0.29, 0.717) is 0 Å². The number of hydrogen-bond donors (Lipinski definition) is 1. The third-order valence-electron chi connectivity index (χ3n) is 4.19. The predicted molar refractivity (Wildman–Crippen MR) is 109 cm³/mol. The monoisotopic (exact) mass is 435 g/mol. The molecule has 29 heavy (non-hydrogen) atoms. The van der Waals surface area contributed by atoms with Crippen LogP contribution in [0.4, 0.5) is 11.4 Å². The van der Waals surface area contributed by atoms with E-state index in [1.54, 1.807) is 25.1 Å². The fraction of sp³-hybridized carbons (Fsp3) is 0.211. The Morgan fingerprint density at radius 2 is 1.93 bits per heavy atom. The van der Waals surface area contributed by atoms with E-state index >= 15 is 0 Å². The molecule has 1 aliphatic rings. The van der Waals surface area contributed by atoms with Gasteiger partial charge in [0.1, 0.15) is 10.7 Å². The van der Waals surface area contributed by atoms with Crippen LogP contribution in [0.3, 0.4) is 0 Å². The second-order valence-electron chi connectivity index (χ2n) is 6.11. The van der Waals surface area contributed by atoms with Crippen LogP contribution in [-0.2, 0) is 19.6 Å². The molecule has 10 heteroatoms. The lowest BCUT2D eigenvalue weighted by Crippen LogP contribution is -2.37. The van der Waals surface area contributed by atoms with Crippen molar-refractivity contribution in [3.63, 3.8) is 0 Å². The van der Waals surface area contributed by atoms with Crippen molar-refractivity contribution in [1.29, 1.82) is 0 Å². The minimum absolute atomic E-state index is 0.0684. The number of ether oxygens (including phenoxy) is 1. The molecule has 1 heterocycles. The molecule has 0 aliphatic carbocycles. The van der Waals surface area contributed by atoms with Crippen molar-refractivity contribution in [2.75, 3.05) is 19.0 Å². The minimum atomic E-state index is -3.79. The number of aliphatic imine (C=N–C) groups is 1. The third-order valence-corrected chi connectivity index (χ3v) is 6.35. The SMILES string of the molecule is CCOC(=O)c1ccc(Cl)c(NC(=O)CC2=Nc3ccccc3S(=O)(=O)N2C)c1. The van der Waals surface area contributed by atoms with Gasteiger partial charge in [0.2, 0.25) is 5.91 Å². The van der Waals surface area contributed by atoms with E-state index < -0.39 is 21.9 Å². The summed E-state index contributed by atoms with van der Waals surface area (Å²) in [6, 6.07) is 10.7. The van der Waals surface area contributed by atoms with E-state index in [1.165, 1.54) is 31.3 Å². The maximum Gasteiger partial charge on any atom is 0.338 e. The van der Waals surface area contributed by atoms with Gasteiger partial charge >= 0.3 is 5.97 Å². The minimum Gasteiger partial charge on any atom is -0.462 e. The standard InChI is InChI=1S/C19H18ClN3O5S/c1-3-28-19(25)12-8-9-13(20)15(10-12)22-18(24)11-17-21-14-6-4-5-7-16(14)29(26,27)23(17)2/h4-10H,3,11H2,1-2H3,(H,22,24). The summed E-state index contributed by atoms with van der Waals surface area (Å²) in [4.78, 5) is 28.8. The number of carbonyl (C=O) groups is 2. The zero-order chi connectivity index (χ0) is 21.2. The number of amides is 1. The van der Waals surface area contributed by atoms with Crippen LogP contribution in [0.5, 0.6) is 0 Å². The number of para-hydroxylation sites is 1. The molecule has 1 amide bonds. The van der Waals surface area contributed by atoms with E-state index in [2.05, 4.69) is 10.3 Å². The van der Waals surface area contributed by atoms with Crippen molar-refractivity contribution >= 4 is 50.7 Å². The van der Waals surface area contributed by atoms with Crippen LogP contribution in [0.15, 0.2) is 52.4 Å². The molecule has 3 rings (SSSR count). The number of fused-ring (bicyclic) bond motifs is 1. The topological polar surface area (TPSA) is 105 Å². The van der Waals surface area contributed by atoms with Gasteiger partial charge in [0.25, 0.3) is 10.0 Å². The number of nitrogens with one attached hydrogen (secondary N) is 1. The first-order chi connectivity index (χ1) is 13.7. The van der Waals surface area contributed by atoms with Crippen LogP contribution >= 0.6 is 11.6 Å². The summed E-state index contributed by atoms with van der Waals surface area (Å²) in [7, 11) is -2.45. The summed E-state index contributed by atoms with van der Waals surface area (Å²) in [5.74, 6) is -1.01. The van der Waals surface area contributed by atoms with Crippen molar-refractivity contribution in [1.82, 2.24) is 4.31 Å². The van der Waals surface area contributed by atoms with Crippen LogP contribution in [0, 0.1) is 0 Å². The highest BCUT2D eigenvalue weighted by Gasteiger charge is 2.31. The summed E-state index contributed by atoms with van der Waals surface area (Å²) in [6.07, 6.45) is -0.302. The molecule has 0 atom stereocenters. The van der Waals surface area contributed by atoms with Crippen LogP contribution in [0.1, 0.15) is 23.7 Å². The van der Waals surface area contributed by atoms with Gasteiger partial charge in [-0.05, 0) is 37.3 Å². The highest BCUT2D eigenvalue weighted by Crippen LogP contribution is 2.32. The second-order valence-corrected chi connectivity index (χ2v) is 8.45. The van der Waals surface area contributed by atoms with Crippen molar-refractivity contribution in [2.45, 2.75) is 18.2 Å². The van der Waals surface area contributed by atoms with Crippen molar-refractivity contribution in [3.05, 3.63) is 53.1 Å². The molecule has 152 valence electrons. The van der Waals surface area contributed by atoms with Gasteiger partial charge in [-0.15, -0.1) is 0 Å². The number of benzene rings is 2. The van der Waals surface area contributed by atoms with E-state index in [-0.39, 0.29) is 45.7 Å². The Morgan fingerprint density at radius 1 is 1.21 bits per heavy atom. The van der Waals surface area contributed by atoms with Gasteiger partial charge in [-0.25, -0.2) is 18.2 Å². The molecular weight excluding hydrogens is 418 g/mol. The molecule has 8 nitrogen and oxygen atoms in total. The fourth-order valence-electron chi connectivity index (χ4n) is 2.71. The molecule has 0 unspecified atom stereocenters. The number of carbonyl (C=O) groups excluding carboxylic acids is 2. The smallest absolute Gasteiger partial charge is 0.338 e. The van der Waals surface area contributed by atoms with Gasteiger partial charge in [0.15, 0.2) is 0 Å². The van der Waals surface area contributed by atoms with Gasteiger partial charge in [-0.3, -0.25) is 9.10 Å². The van der Waals surface area contributed by atoms with E-state index in [9.17, 15) is 18.0 Å². The number of halogens is 1. The van der Waals surface area contributed by atoms with Gasteiger partial charge in [-0.1, -0.05) is 23.7 Å². The molecule has 1 aliphatic heterocycles. The Hall–Kier alpha value is -2.91. The summed E-state index contributed by atoms with van der Waals surface area (Å²) >= 11 is 6.10. The average molecular weight is 436 g/mol. The first kappa shape index (κ1) is 20.8. The van der Waals surface area contributed by atoms with Crippen molar-refractivity contribution in [2.24, 2.45) is 4.99 Å². The second kappa shape index (κ2) is 8.22. The molecule has 0 bridgehead atoms. The normalized spacial score (nSPS) is 14.6. The molecule has 0 aromatic heterocycles.